The number of hydrogen-bond donors (Lipinski definition) is 2. The van der Waals surface area contributed by atoms with Crippen LogP contribution in [0.25, 0.3) is 0 Å². The summed E-state index contributed by atoms with van der Waals surface area (Å²) in [6, 6.07) is 4.55. The third-order valence-corrected chi connectivity index (χ3v) is 3.25. The van der Waals surface area contributed by atoms with Crippen LogP contribution >= 0.6 is 0 Å². The number of carboxylic acid groups (broad SMARTS) is 1. The molecule has 2 rings (SSSR count). The van der Waals surface area contributed by atoms with Gasteiger partial charge >= 0.3 is 5.97 Å². The number of benzene rings is 1. The van der Waals surface area contributed by atoms with Crippen molar-refractivity contribution in [1.29, 1.82) is 0 Å². The Morgan fingerprint density at radius 3 is 2.67 bits per heavy atom. The van der Waals surface area contributed by atoms with Crippen molar-refractivity contribution in [2.24, 2.45) is 0 Å². The zero-order chi connectivity index (χ0) is 15.4. The van der Waals surface area contributed by atoms with Crippen LogP contribution in [0.15, 0.2) is 18.2 Å². The molecule has 1 aromatic rings. The number of aromatic carboxylic acids is 1. The Hall–Kier alpha value is -2.28. The fourth-order valence-corrected chi connectivity index (χ4v) is 2.16. The van der Waals surface area contributed by atoms with Crippen LogP contribution < -0.4 is 10.5 Å². The number of carbonyl (C=O) groups excluding carboxylic acids is 1. The lowest BCUT2D eigenvalue weighted by Crippen LogP contribution is -2.46. The molecule has 0 aromatic heterocycles. The first-order valence-electron chi connectivity index (χ1n) is 6.65. The molecule has 1 unspecified atom stereocenters. The number of hydrogen-bond acceptors (Lipinski definition) is 5. The molecule has 7 heteroatoms. The van der Waals surface area contributed by atoms with E-state index in [1.165, 1.54) is 12.1 Å². The number of ether oxygens (including phenoxy) is 2. The van der Waals surface area contributed by atoms with Gasteiger partial charge < -0.3 is 25.2 Å². The monoisotopic (exact) mass is 294 g/mol. The number of rotatable bonds is 4. The average Bonchev–Trinajstić information content (AvgIpc) is 2.47. The normalized spacial score (nSPS) is 16.3. The molecule has 0 spiro atoms. The Morgan fingerprint density at radius 1 is 1.38 bits per heavy atom. The van der Waals surface area contributed by atoms with E-state index in [0.717, 1.165) is 0 Å². The highest BCUT2D eigenvalue weighted by Gasteiger charge is 2.25. The van der Waals surface area contributed by atoms with E-state index in [1.54, 1.807) is 17.9 Å². The number of nitrogen functional groups attached to an aromatic ring is 1. The van der Waals surface area contributed by atoms with Crippen molar-refractivity contribution >= 4 is 17.6 Å². The van der Waals surface area contributed by atoms with Gasteiger partial charge in [-0.2, -0.15) is 0 Å². The Morgan fingerprint density at radius 2 is 2.05 bits per heavy atom. The van der Waals surface area contributed by atoms with Crippen molar-refractivity contribution in [3.05, 3.63) is 23.8 Å². The van der Waals surface area contributed by atoms with Crippen LogP contribution in [0.3, 0.4) is 0 Å². The van der Waals surface area contributed by atoms with Crippen molar-refractivity contribution in [2.45, 2.75) is 13.0 Å². The van der Waals surface area contributed by atoms with Gasteiger partial charge in [-0.1, -0.05) is 6.07 Å². The fourth-order valence-electron chi connectivity index (χ4n) is 2.16. The first-order chi connectivity index (χ1) is 10.0. The molecule has 1 saturated heterocycles. The van der Waals surface area contributed by atoms with Crippen LogP contribution in [0.2, 0.25) is 0 Å². The summed E-state index contributed by atoms with van der Waals surface area (Å²) >= 11 is 0. The summed E-state index contributed by atoms with van der Waals surface area (Å²) in [5.41, 5.74) is 5.62. The summed E-state index contributed by atoms with van der Waals surface area (Å²) in [6.07, 6.45) is -0.789. The van der Waals surface area contributed by atoms with Crippen LogP contribution in [0.1, 0.15) is 17.3 Å². The third kappa shape index (κ3) is 3.43. The van der Waals surface area contributed by atoms with Gasteiger partial charge in [0.15, 0.2) is 6.10 Å². The Kier molecular flexibility index (Phi) is 4.64. The molecule has 0 bridgehead atoms. The third-order valence-electron chi connectivity index (χ3n) is 3.25. The Balaban J connectivity index is 2.12. The molecule has 1 fully saturated rings. The topological polar surface area (TPSA) is 102 Å². The van der Waals surface area contributed by atoms with Gasteiger partial charge in [-0.3, -0.25) is 4.79 Å². The molecule has 114 valence electrons. The van der Waals surface area contributed by atoms with E-state index < -0.39 is 12.1 Å². The van der Waals surface area contributed by atoms with E-state index >= 15 is 0 Å². The van der Waals surface area contributed by atoms with Crippen molar-refractivity contribution in [3.63, 3.8) is 0 Å². The average molecular weight is 294 g/mol. The van der Waals surface area contributed by atoms with E-state index in [-0.39, 0.29) is 22.9 Å². The molecule has 1 aliphatic rings. The van der Waals surface area contributed by atoms with Crippen LogP contribution in [-0.2, 0) is 9.53 Å². The summed E-state index contributed by atoms with van der Waals surface area (Å²) in [5, 5.41) is 9.17. The summed E-state index contributed by atoms with van der Waals surface area (Å²) in [6.45, 7) is 3.60. The lowest BCUT2D eigenvalue weighted by Gasteiger charge is -2.29. The van der Waals surface area contributed by atoms with Gasteiger partial charge in [0.25, 0.3) is 5.91 Å². The number of nitrogens with two attached hydrogens (primary N) is 1. The SMILES string of the molecule is CC(Oc1cccc(N)c1C(=O)O)C(=O)N1CCOCC1. The molecule has 21 heavy (non-hydrogen) atoms. The number of carbonyl (C=O) groups is 2. The number of anilines is 1. The van der Waals surface area contributed by atoms with E-state index in [4.69, 9.17) is 15.2 Å². The Bertz CT molecular complexity index is 540. The van der Waals surface area contributed by atoms with Gasteiger partial charge in [0, 0.05) is 18.8 Å². The number of amides is 1. The maximum atomic E-state index is 12.2. The van der Waals surface area contributed by atoms with Crippen molar-refractivity contribution < 1.29 is 24.2 Å². The number of carboxylic acids is 1. The van der Waals surface area contributed by atoms with E-state index in [9.17, 15) is 14.7 Å². The highest BCUT2D eigenvalue weighted by atomic mass is 16.5. The number of nitrogens with zero attached hydrogens (tertiary/aromatic N) is 1. The van der Waals surface area contributed by atoms with Crippen LogP contribution in [0, 0.1) is 0 Å². The van der Waals surface area contributed by atoms with Gasteiger partial charge in [-0.15, -0.1) is 0 Å². The minimum absolute atomic E-state index is 0.0941. The molecule has 0 saturated carbocycles. The van der Waals surface area contributed by atoms with E-state index in [0.29, 0.717) is 26.3 Å². The fraction of sp³-hybridized carbons (Fsp3) is 0.429. The van der Waals surface area contributed by atoms with E-state index in [2.05, 4.69) is 0 Å². The first kappa shape index (κ1) is 15.1. The second-order valence-electron chi connectivity index (χ2n) is 4.72. The molecule has 3 N–H and O–H groups in total. The molecule has 0 radical (unpaired) electrons. The molecular formula is C14H18N2O5. The molecule has 1 atom stereocenters. The smallest absolute Gasteiger partial charge is 0.341 e. The van der Waals surface area contributed by atoms with Crippen LogP contribution in [0.4, 0.5) is 5.69 Å². The largest absolute Gasteiger partial charge is 0.480 e. The minimum Gasteiger partial charge on any atom is -0.480 e. The molecule has 0 aliphatic carbocycles. The van der Waals surface area contributed by atoms with Gasteiger partial charge in [0.1, 0.15) is 11.3 Å². The van der Waals surface area contributed by atoms with Gasteiger partial charge in [-0.25, -0.2) is 4.79 Å². The first-order valence-corrected chi connectivity index (χ1v) is 6.65. The second-order valence-corrected chi connectivity index (χ2v) is 4.72. The number of morpholine rings is 1. The predicted molar refractivity (Wildman–Crippen MR) is 75.3 cm³/mol. The minimum atomic E-state index is -1.19. The van der Waals surface area contributed by atoms with Gasteiger partial charge in [0.2, 0.25) is 0 Å². The lowest BCUT2D eigenvalue weighted by atomic mass is 10.1. The molecule has 1 aliphatic heterocycles. The van der Waals surface area contributed by atoms with E-state index in [1.807, 2.05) is 0 Å². The molecule has 1 aromatic carbocycles. The van der Waals surface area contributed by atoms with Crippen molar-refractivity contribution in [2.75, 3.05) is 32.0 Å². The zero-order valence-corrected chi connectivity index (χ0v) is 11.7. The lowest BCUT2D eigenvalue weighted by molar-refractivity contribution is -0.142. The zero-order valence-electron chi connectivity index (χ0n) is 11.7. The van der Waals surface area contributed by atoms with Gasteiger partial charge in [0.05, 0.1) is 13.2 Å². The summed E-state index contributed by atoms with van der Waals surface area (Å²) < 4.78 is 10.7. The molecule has 7 nitrogen and oxygen atoms in total. The van der Waals surface area contributed by atoms with Crippen LogP contribution in [-0.4, -0.2) is 54.3 Å². The highest BCUT2D eigenvalue weighted by Crippen LogP contribution is 2.25. The Labute approximate surface area is 122 Å². The summed E-state index contributed by atoms with van der Waals surface area (Å²) in [4.78, 5) is 25.1. The maximum Gasteiger partial charge on any atom is 0.341 e. The second kappa shape index (κ2) is 6.45. The standard InChI is InChI=1S/C14H18N2O5/c1-9(13(17)16-5-7-20-8-6-16)21-11-4-2-3-10(15)12(11)14(18)19/h2-4,9H,5-8,15H2,1H3,(H,18,19). The summed E-state index contributed by atoms with van der Waals surface area (Å²) in [7, 11) is 0. The summed E-state index contributed by atoms with van der Waals surface area (Å²) in [5.74, 6) is -1.29. The highest BCUT2D eigenvalue weighted by molar-refractivity contribution is 5.97. The maximum absolute atomic E-state index is 12.2. The van der Waals surface area contributed by atoms with Gasteiger partial charge in [-0.05, 0) is 19.1 Å². The van der Waals surface area contributed by atoms with Crippen molar-refractivity contribution in [1.82, 2.24) is 4.90 Å². The quantitative estimate of drug-likeness (QED) is 0.788. The molecule has 1 heterocycles. The molecule has 1 amide bonds. The van der Waals surface area contributed by atoms with Crippen molar-refractivity contribution in [3.8, 4) is 5.75 Å². The predicted octanol–water partition coefficient (Wildman–Crippen LogP) is 0.593. The molecular weight excluding hydrogens is 276 g/mol. The van der Waals surface area contributed by atoms with Crippen LogP contribution in [0.5, 0.6) is 5.75 Å².